The van der Waals surface area contributed by atoms with E-state index in [9.17, 15) is 9.18 Å². The minimum atomic E-state index is -0.325. The predicted octanol–water partition coefficient (Wildman–Crippen LogP) is 3.04. The van der Waals surface area contributed by atoms with Crippen molar-refractivity contribution in [1.29, 1.82) is 0 Å². The molecule has 0 spiro atoms. The zero-order valence-electron chi connectivity index (χ0n) is 11.8. The molecule has 20 heavy (non-hydrogen) atoms. The number of benzene rings is 1. The van der Waals surface area contributed by atoms with E-state index in [2.05, 4.69) is 5.32 Å². The largest absolute Gasteiger partial charge is 0.330 e. The van der Waals surface area contributed by atoms with E-state index < -0.39 is 0 Å². The molecule has 3 nitrogen and oxygen atoms in total. The summed E-state index contributed by atoms with van der Waals surface area (Å²) in [6.07, 6.45) is 5.53. The molecule has 2 aliphatic rings. The van der Waals surface area contributed by atoms with Crippen LogP contribution >= 0.6 is 0 Å². The van der Waals surface area contributed by atoms with Crippen molar-refractivity contribution < 1.29 is 9.18 Å². The smallest absolute Gasteiger partial charge is 0.231 e. The number of hydrogen-bond acceptors (Lipinski definition) is 2. The van der Waals surface area contributed by atoms with Crippen molar-refractivity contribution in [1.82, 2.24) is 0 Å². The maximum atomic E-state index is 14.3. The Morgan fingerprint density at radius 3 is 2.70 bits per heavy atom. The summed E-state index contributed by atoms with van der Waals surface area (Å²) in [5.41, 5.74) is 8.02. The molecule has 1 aliphatic heterocycles. The predicted molar refractivity (Wildman–Crippen MR) is 77.3 cm³/mol. The van der Waals surface area contributed by atoms with E-state index in [-0.39, 0.29) is 23.1 Å². The molecule has 108 valence electrons. The van der Waals surface area contributed by atoms with E-state index in [1.807, 2.05) is 13.0 Å². The van der Waals surface area contributed by atoms with Gasteiger partial charge in [0.2, 0.25) is 5.91 Å². The molecule has 3 rings (SSSR count). The van der Waals surface area contributed by atoms with Gasteiger partial charge < -0.3 is 11.1 Å². The van der Waals surface area contributed by atoms with Crippen LogP contribution in [0.4, 0.5) is 10.1 Å². The second-order valence-electron chi connectivity index (χ2n) is 6.18. The lowest BCUT2D eigenvalue weighted by atomic mass is 9.69. The molecule has 0 radical (unpaired) electrons. The zero-order chi connectivity index (χ0) is 14.3. The number of anilines is 1. The van der Waals surface area contributed by atoms with Gasteiger partial charge in [0, 0.05) is 12.0 Å². The molecular weight excluding hydrogens is 255 g/mol. The molecule has 0 bridgehead atoms. The highest BCUT2D eigenvalue weighted by Crippen LogP contribution is 2.43. The molecule has 1 atom stereocenters. The molecule has 0 saturated heterocycles. The van der Waals surface area contributed by atoms with Gasteiger partial charge in [0.25, 0.3) is 0 Å². The van der Waals surface area contributed by atoms with Crippen LogP contribution in [0.3, 0.4) is 0 Å². The molecule has 1 amide bonds. The maximum Gasteiger partial charge on any atom is 0.231 e. The van der Waals surface area contributed by atoms with Crippen molar-refractivity contribution in [2.45, 2.75) is 50.4 Å². The molecule has 1 aromatic rings. The second kappa shape index (κ2) is 4.85. The molecule has 1 heterocycles. The molecule has 0 aromatic heterocycles. The van der Waals surface area contributed by atoms with Crippen LogP contribution < -0.4 is 11.1 Å². The Kier molecular flexibility index (Phi) is 3.28. The monoisotopic (exact) mass is 276 g/mol. The lowest BCUT2D eigenvalue weighted by Gasteiger charge is -2.37. The van der Waals surface area contributed by atoms with E-state index in [1.165, 1.54) is 6.42 Å². The average Bonchev–Trinajstić information content (AvgIpc) is 2.76. The Morgan fingerprint density at radius 2 is 2.05 bits per heavy atom. The number of carbonyl (C=O) groups excluding carboxylic acids is 1. The quantitative estimate of drug-likeness (QED) is 0.872. The third-order valence-electron chi connectivity index (χ3n) is 5.04. The van der Waals surface area contributed by atoms with Crippen LogP contribution in [-0.2, 0) is 10.2 Å². The lowest BCUT2D eigenvalue weighted by molar-refractivity contribution is -0.116. The summed E-state index contributed by atoms with van der Waals surface area (Å²) in [5, 5.41) is 2.63. The van der Waals surface area contributed by atoms with Crippen molar-refractivity contribution in [3.63, 3.8) is 0 Å². The number of hydrogen-bond donors (Lipinski definition) is 2. The molecule has 1 aromatic carbocycles. The van der Waals surface area contributed by atoms with Crippen LogP contribution in [0.15, 0.2) is 12.1 Å². The summed E-state index contributed by atoms with van der Waals surface area (Å²) in [6.45, 7) is 2.36. The fourth-order valence-electron chi connectivity index (χ4n) is 3.62. The number of amides is 1. The number of carbonyl (C=O) groups is 1. The van der Waals surface area contributed by atoms with Gasteiger partial charge in [-0.25, -0.2) is 4.39 Å². The highest BCUT2D eigenvalue weighted by atomic mass is 19.1. The van der Waals surface area contributed by atoms with E-state index in [4.69, 9.17) is 5.73 Å². The summed E-state index contributed by atoms with van der Waals surface area (Å²) in [5.74, 6) is -0.729. The number of rotatable bonds is 2. The fourth-order valence-corrected chi connectivity index (χ4v) is 3.62. The molecule has 1 fully saturated rings. The van der Waals surface area contributed by atoms with Gasteiger partial charge in [-0.3, -0.25) is 4.79 Å². The van der Waals surface area contributed by atoms with Crippen molar-refractivity contribution in [3.8, 4) is 0 Å². The van der Waals surface area contributed by atoms with Gasteiger partial charge in [-0.1, -0.05) is 25.3 Å². The van der Waals surface area contributed by atoms with Crippen LogP contribution in [0.1, 0.15) is 56.1 Å². The Balaban J connectivity index is 2.07. The summed E-state index contributed by atoms with van der Waals surface area (Å²) in [6, 6.07) is 3.58. The van der Waals surface area contributed by atoms with Crippen LogP contribution in [0.5, 0.6) is 0 Å². The van der Waals surface area contributed by atoms with E-state index in [1.54, 1.807) is 6.07 Å². The minimum absolute atomic E-state index is 0.112. The topological polar surface area (TPSA) is 55.1 Å². The first-order chi connectivity index (χ1) is 9.57. The Labute approximate surface area is 118 Å². The summed E-state index contributed by atoms with van der Waals surface area (Å²) < 4.78 is 14.3. The Hall–Kier alpha value is -1.42. The van der Waals surface area contributed by atoms with Gasteiger partial charge in [-0.05, 0) is 37.0 Å². The summed E-state index contributed by atoms with van der Waals surface area (Å²) in [7, 11) is 0. The lowest BCUT2D eigenvalue weighted by Crippen LogP contribution is -2.37. The first-order valence-corrected chi connectivity index (χ1v) is 7.42. The molecule has 3 N–H and O–H groups in total. The van der Waals surface area contributed by atoms with E-state index in [0.717, 1.165) is 36.8 Å². The number of nitrogens with one attached hydrogen (secondary N) is 1. The number of fused-ring (bicyclic) bond motifs is 1. The van der Waals surface area contributed by atoms with E-state index >= 15 is 0 Å². The average molecular weight is 276 g/mol. The Bertz CT molecular complexity index is 550. The summed E-state index contributed by atoms with van der Waals surface area (Å²) in [4.78, 5) is 11.7. The van der Waals surface area contributed by atoms with Crippen LogP contribution in [0, 0.1) is 5.82 Å². The van der Waals surface area contributed by atoms with Crippen molar-refractivity contribution in [2.24, 2.45) is 5.73 Å². The molecule has 4 heteroatoms. The van der Waals surface area contributed by atoms with Gasteiger partial charge in [-0.2, -0.15) is 0 Å². The maximum absolute atomic E-state index is 14.3. The van der Waals surface area contributed by atoms with Crippen LogP contribution in [-0.4, -0.2) is 12.5 Å². The normalized spacial score (nSPS) is 24.4. The van der Waals surface area contributed by atoms with Gasteiger partial charge in [0.05, 0.1) is 11.6 Å². The van der Waals surface area contributed by atoms with E-state index in [0.29, 0.717) is 12.2 Å². The van der Waals surface area contributed by atoms with Crippen molar-refractivity contribution in [2.75, 3.05) is 11.9 Å². The fraction of sp³-hybridized carbons (Fsp3) is 0.562. The van der Waals surface area contributed by atoms with Crippen molar-refractivity contribution in [3.05, 3.63) is 29.1 Å². The SMILES string of the molecule is CC1C(=O)Nc2c(F)cc(C3(CN)CCCCC3)cc21. The van der Waals surface area contributed by atoms with Gasteiger partial charge in [0.1, 0.15) is 5.82 Å². The number of nitrogens with two attached hydrogens (primary N) is 1. The summed E-state index contributed by atoms with van der Waals surface area (Å²) >= 11 is 0. The highest BCUT2D eigenvalue weighted by molar-refractivity contribution is 6.02. The van der Waals surface area contributed by atoms with Gasteiger partial charge in [-0.15, -0.1) is 0 Å². The van der Waals surface area contributed by atoms with Crippen LogP contribution in [0.25, 0.3) is 0 Å². The molecule has 1 aliphatic carbocycles. The molecular formula is C16H21FN2O. The first-order valence-electron chi connectivity index (χ1n) is 7.42. The molecule has 1 unspecified atom stereocenters. The molecule has 1 saturated carbocycles. The van der Waals surface area contributed by atoms with Gasteiger partial charge in [0.15, 0.2) is 0 Å². The number of halogens is 1. The third kappa shape index (κ3) is 1.94. The van der Waals surface area contributed by atoms with Gasteiger partial charge >= 0.3 is 0 Å². The standard InChI is InChI=1S/C16H21FN2O/c1-10-12-7-11(8-13(17)14(12)19-15(10)20)16(9-18)5-3-2-4-6-16/h7-8,10H,2-6,9,18H2,1H3,(H,19,20). The first kappa shape index (κ1) is 13.6. The zero-order valence-corrected chi connectivity index (χ0v) is 11.8. The second-order valence-corrected chi connectivity index (χ2v) is 6.18. The van der Waals surface area contributed by atoms with Crippen LogP contribution in [0.2, 0.25) is 0 Å². The minimum Gasteiger partial charge on any atom is -0.330 e. The van der Waals surface area contributed by atoms with Crippen molar-refractivity contribution >= 4 is 11.6 Å². The highest BCUT2D eigenvalue weighted by Gasteiger charge is 2.36. The third-order valence-corrected chi connectivity index (χ3v) is 5.04. The Morgan fingerprint density at radius 1 is 1.35 bits per heavy atom.